The first-order valence-electron chi connectivity index (χ1n) is 13.6. The second kappa shape index (κ2) is 14.9. The van der Waals surface area contributed by atoms with Gasteiger partial charge in [0.2, 0.25) is 0 Å². The normalized spacial score (nSPS) is 11.7. The number of pyridine rings is 1. The largest absolute Gasteiger partial charge is 0.264 e. The molecule has 0 fully saturated rings. The van der Waals surface area contributed by atoms with Crippen molar-refractivity contribution in [3.8, 4) is 0 Å². The second-order valence-corrected chi connectivity index (χ2v) is 11.3. The van der Waals surface area contributed by atoms with Gasteiger partial charge in [-0.1, -0.05) is 120 Å². The van der Waals surface area contributed by atoms with Gasteiger partial charge in [0.15, 0.2) is 0 Å². The summed E-state index contributed by atoms with van der Waals surface area (Å²) in [5.74, 6) is 0. The molecule has 0 spiro atoms. The molecule has 1 heterocycles. The molecule has 0 saturated heterocycles. The van der Waals surface area contributed by atoms with Crippen LogP contribution in [0.25, 0.3) is 10.9 Å². The van der Waals surface area contributed by atoms with Crippen LogP contribution in [0, 0.1) is 0 Å². The molecule has 0 bridgehead atoms. The lowest BCUT2D eigenvalue weighted by atomic mass is 10.0. The van der Waals surface area contributed by atoms with Crippen LogP contribution in [0.4, 0.5) is 5.69 Å². The fourth-order valence-corrected chi connectivity index (χ4v) is 6.18. The molecular formula is C30H42N2O2S. The molecule has 0 N–H and O–H groups in total. The number of hydrogen-bond donors (Lipinski definition) is 0. The van der Waals surface area contributed by atoms with Gasteiger partial charge in [-0.3, -0.25) is 9.29 Å². The number of anilines is 1. The number of nitrogens with zero attached hydrogens (tertiary/aromatic N) is 2. The highest BCUT2D eigenvalue weighted by Crippen LogP contribution is 2.30. The molecule has 0 radical (unpaired) electrons. The van der Waals surface area contributed by atoms with Gasteiger partial charge in [0.25, 0.3) is 10.0 Å². The Hall–Kier alpha value is -2.40. The zero-order valence-electron chi connectivity index (χ0n) is 21.4. The minimum Gasteiger partial charge on any atom is -0.264 e. The lowest BCUT2D eigenvalue weighted by Gasteiger charge is -2.25. The number of benzene rings is 2. The Morgan fingerprint density at radius 2 is 1.23 bits per heavy atom. The maximum Gasteiger partial charge on any atom is 0.264 e. The maximum absolute atomic E-state index is 13.6. The molecule has 0 aliphatic heterocycles. The molecule has 3 rings (SSSR count). The van der Waals surface area contributed by atoms with Crippen LogP contribution in [0.3, 0.4) is 0 Å². The van der Waals surface area contributed by atoms with Gasteiger partial charge >= 0.3 is 0 Å². The van der Waals surface area contributed by atoms with E-state index in [1.54, 1.807) is 34.8 Å². The monoisotopic (exact) mass is 494 g/mol. The maximum atomic E-state index is 13.6. The lowest BCUT2D eigenvalue weighted by Crippen LogP contribution is -2.32. The van der Waals surface area contributed by atoms with Gasteiger partial charge in [-0.15, -0.1) is 0 Å². The Morgan fingerprint density at radius 1 is 0.657 bits per heavy atom. The van der Waals surface area contributed by atoms with Crippen molar-refractivity contribution in [2.75, 3.05) is 10.8 Å². The lowest BCUT2D eigenvalue weighted by molar-refractivity contribution is 0.539. The first kappa shape index (κ1) is 27.2. The molecule has 0 aliphatic rings. The Balaban J connectivity index is 1.53. The summed E-state index contributed by atoms with van der Waals surface area (Å²) >= 11 is 0. The molecule has 0 saturated carbocycles. The molecule has 2 aromatic carbocycles. The SMILES string of the molecule is CCCCCCCCCCCCCCCN(c1cccc2cccnc12)S(=O)(=O)c1ccccc1. The van der Waals surface area contributed by atoms with Crippen LogP contribution in [0.5, 0.6) is 0 Å². The average Bonchev–Trinajstić information content (AvgIpc) is 2.89. The molecule has 35 heavy (non-hydrogen) atoms. The van der Waals surface area contributed by atoms with Crippen LogP contribution >= 0.6 is 0 Å². The zero-order valence-corrected chi connectivity index (χ0v) is 22.2. The number of para-hydroxylation sites is 1. The molecule has 0 unspecified atom stereocenters. The standard InChI is InChI=1S/C30H42N2O2S/c1-2-3-4-5-6-7-8-9-10-11-12-13-17-26-32(35(33,34)28-22-15-14-16-23-28)29-24-18-20-27-21-19-25-31-30(27)29/h14-16,18-25H,2-13,17,26H2,1H3. The van der Waals surface area contributed by atoms with E-state index in [9.17, 15) is 8.42 Å². The van der Waals surface area contributed by atoms with Gasteiger partial charge in [0, 0.05) is 18.1 Å². The molecule has 0 atom stereocenters. The molecule has 0 aliphatic carbocycles. The van der Waals surface area contributed by atoms with Gasteiger partial charge in [-0.05, 0) is 30.7 Å². The van der Waals surface area contributed by atoms with Crippen LogP contribution in [0.2, 0.25) is 0 Å². The molecule has 5 heteroatoms. The summed E-state index contributed by atoms with van der Waals surface area (Å²) < 4.78 is 28.8. The predicted octanol–water partition coefficient (Wildman–Crippen LogP) is 8.52. The summed E-state index contributed by atoms with van der Waals surface area (Å²) in [4.78, 5) is 4.84. The van der Waals surface area contributed by atoms with E-state index in [-0.39, 0.29) is 0 Å². The van der Waals surface area contributed by atoms with E-state index in [4.69, 9.17) is 0 Å². The van der Waals surface area contributed by atoms with Gasteiger partial charge in [0.05, 0.1) is 16.1 Å². The zero-order chi connectivity index (χ0) is 24.8. The quantitative estimate of drug-likeness (QED) is 0.177. The third-order valence-electron chi connectivity index (χ3n) is 6.68. The third kappa shape index (κ3) is 8.34. The molecule has 3 aromatic rings. The summed E-state index contributed by atoms with van der Waals surface area (Å²) in [6.45, 7) is 2.73. The molecule has 0 amide bonds. The van der Waals surface area contributed by atoms with Gasteiger partial charge < -0.3 is 0 Å². The number of sulfonamides is 1. The minimum absolute atomic E-state index is 0.322. The Bertz CT molecular complexity index is 1090. The summed E-state index contributed by atoms with van der Waals surface area (Å²) in [6.07, 6.45) is 18.2. The van der Waals surface area contributed by atoms with Crippen molar-refractivity contribution in [3.05, 3.63) is 66.9 Å². The Labute approximate surface area is 212 Å². The van der Waals surface area contributed by atoms with Crippen molar-refractivity contribution >= 4 is 26.6 Å². The van der Waals surface area contributed by atoms with Crippen LogP contribution in [0.15, 0.2) is 71.8 Å². The number of aromatic nitrogens is 1. The van der Waals surface area contributed by atoms with Crippen LogP contribution in [-0.2, 0) is 10.0 Å². The fourth-order valence-electron chi connectivity index (χ4n) is 4.65. The highest BCUT2D eigenvalue weighted by Gasteiger charge is 2.26. The molecule has 4 nitrogen and oxygen atoms in total. The number of hydrogen-bond acceptors (Lipinski definition) is 3. The van der Waals surface area contributed by atoms with Gasteiger partial charge in [-0.25, -0.2) is 8.42 Å². The second-order valence-electron chi connectivity index (χ2n) is 9.49. The summed E-state index contributed by atoms with van der Waals surface area (Å²) in [6, 6.07) is 18.4. The van der Waals surface area contributed by atoms with E-state index in [1.807, 2.05) is 36.4 Å². The van der Waals surface area contributed by atoms with Gasteiger partial charge in [0.1, 0.15) is 0 Å². The average molecular weight is 495 g/mol. The van der Waals surface area contributed by atoms with E-state index in [1.165, 1.54) is 64.2 Å². The first-order valence-corrected chi connectivity index (χ1v) is 15.0. The van der Waals surface area contributed by atoms with E-state index in [0.717, 1.165) is 30.2 Å². The molecular weight excluding hydrogens is 452 g/mol. The number of rotatable bonds is 17. The van der Waals surface area contributed by atoms with Gasteiger partial charge in [-0.2, -0.15) is 0 Å². The number of fused-ring (bicyclic) bond motifs is 1. The van der Waals surface area contributed by atoms with Crippen molar-refractivity contribution in [2.24, 2.45) is 0 Å². The highest BCUT2D eigenvalue weighted by molar-refractivity contribution is 7.92. The van der Waals surface area contributed by atoms with E-state index in [0.29, 0.717) is 17.1 Å². The van der Waals surface area contributed by atoms with Crippen LogP contribution < -0.4 is 4.31 Å². The third-order valence-corrected chi connectivity index (χ3v) is 8.50. The Kier molecular flexibility index (Phi) is 11.6. The highest BCUT2D eigenvalue weighted by atomic mass is 32.2. The van der Waals surface area contributed by atoms with Crippen molar-refractivity contribution in [1.82, 2.24) is 4.98 Å². The smallest absolute Gasteiger partial charge is 0.264 e. The number of unbranched alkanes of at least 4 members (excludes halogenated alkanes) is 12. The summed E-state index contributed by atoms with van der Waals surface area (Å²) in [5, 5.41) is 0.948. The first-order chi connectivity index (χ1) is 17.1. The van der Waals surface area contributed by atoms with Crippen molar-refractivity contribution < 1.29 is 8.42 Å². The van der Waals surface area contributed by atoms with Crippen molar-refractivity contribution in [2.45, 2.75) is 95.3 Å². The van der Waals surface area contributed by atoms with E-state index < -0.39 is 10.0 Å². The molecule has 1 aromatic heterocycles. The van der Waals surface area contributed by atoms with E-state index in [2.05, 4.69) is 11.9 Å². The van der Waals surface area contributed by atoms with E-state index >= 15 is 0 Å². The van der Waals surface area contributed by atoms with Crippen molar-refractivity contribution in [3.63, 3.8) is 0 Å². The predicted molar refractivity (Wildman–Crippen MR) is 148 cm³/mol. The van der Waals surface area contributed by atoms with Crippen LogP contribution in [-0.4, -0.2) is 19.9 Å². The van der Waals surface area contributed by atoms with Crippen molar-refractivity contribution in [1.29, 1.82) is 0 Å². The minimum atomic E-state index is -3.67. The summed E-state index contributed by atoms with van der Waals surface area (Å²) in [7, 11) is -3.67. The fraction of sp³-hybridized carbons (Fsp3) is 0.500. The summed E-state index contributed by atoms with van der Waals surface area (Å²) in [5.41, 5.74) is 1.38. The van der Waals surface area contributed by atoms with Crippen LogP contribution in [0.1, 0.15) is 90.4 Å². The topological polar surface area (TPSA) is 50.3 Å². The molecule has 190 valence electrons. The Morgan fingerprint density at radius 3 is 1.86 bits per heavy atom.